The Hall–Kier alpha value is -1.77. The van der Waals surface area contributed by atoms with Gasteiger partial charge in [-0.1, -0.05) is 24.3 Å². The van der Waals surface area contributed by atoms with E-state index in [9.17, 15) is 4.79 Å². The van der Waals surface area contributed by atoms with Crippen molar-refractivity contribution in [3.8, 4) is 5.75 Å². The zero-order valence-corrected chi connectivity index (χ0v) is 15.2. The summed E-state index contributed by atoms with van der Waals surface area (Å²) in [5.41, 5.74) is 1.19. The molecule has 4 fully saturated rings. The van der Waals surface area contributed by atoms with Gasteiger partial charge in [-0.25, -0.2) is 0 Å². The summed E-state index contributed by atoms with van der Waals surface area (Å²) in [6, 6.07) is 7.97. The normalized spacial score (nSPS) is 34.2. The molecule has 0 aliphatic heterocycles. The number of esters is 1. The van der Waals surface area contributed by atoms with E-state index in [1.165, 1.54) is 45.6 Å². The summed E-state index contributed by atoms with van der Waals surface area (Å²) in [5.74, 6) is 3.11. The molecule has 3 heteroatoms. The minimum absolute atomic E-state index is 0.0684. The second-order valence-electron chi connectivity index (χ2n) is 8.42. The Kier molecular flexibility index (Phi) is 4.35. The number of hydrogen-bond acceptors (Lipinski definition) is 3. The van der Waals surface area contributed by atoms with Gasteiger partial charge in [0.1, 0.15) is 5.75 Å². The molecule has 0 amide bonds. The van der Waals surface area contributed by atoms with Gasteiger partial charge < -0.3 is 9.47 Å². The quantitative estimate of drug-likeness (QED) is 0.728. The monoisotopic (exact) mass is 340 g/mol. The Balaban J connectivity index is 1.62. The maximum absolute atomic E-state index is 12.7. The molecule has 134 valence electrons. The smallest absolute Gasteiger partial charge is 0.313 e. The molecule has 4 bridgehead atoms. The molecule has 3 nitrogen and oxygen atoms in total. The molecule has 5 rings (SSSR count). The van der Waals surface area contributed by atoms with Gasteiger partial charge in [0, 0.05) is 0 Å². The van der Waals surface area contributed by atoms with Crippen LogP contribution in [0.1, 0.15) is 44.1 Å². The number of rotatable bonds is 5. The van der Waals surface area contributed by atoms with Gasteiger partial charge in [0.05, 0.1) is 20.1 Å². The topological polar surface area (TPSA) is 35.5 Å². The molecule has 0 N–H and O–H groups in total. The number of benzene rings is 1. The minimum Gasteiger partial charge on any atom is -0.497 e. The van der Waals surface area contributed by atoms with Gasteiger partial charge in [-0.3, -0.25) is 4.79 Å². The average molecular weight is 340 g/mol. The molecule has 0 heterocycles. The first kappa shape index (κ1) is 16.7. The van der Waals surface area contributed by atoms with Crippen LogP contribution in [0.2, 0.25) is 0 Å². The lowest BCUT2D eigenvalue weighted by Crippen LogP contribution is -2.51. The van der Waals surface area contributed by atoms with Crippen molar-refractivity contribution in [1.29, 1.82) is 0 Å². The second-order valence-corrected chi connectivity index (χ2v) is 8.42. The highest BCUT2D eigenvalue weighted by Gasteiger charge is 2.55. The predicted molar refractivity (Wildman–Crippen MR) is 98.1 cm³/mol. The van der Waals surface area contributed by atoms with E-state index in [1.807, 2.05) is 24.3 Å². The third-order valence-electron chi connectivity index (χ3n) is 6.78. The second kappa shape index (κ2) is 6.51. The van der Waals surface area contributed by atoms with E-state index in [0.29, 0.717) is 0 Å². The fraction of sp³-hybridized carbons (Fsp3) is 0.591. The SMILES string of the molecule is COC(=O)C(/C=C/c1cccc(OC)c1)C12CC3CC(CC(C3)C1)C2. The van der Waals surface area contributed by atoms with Crippen molar-refractivity contribution < 1.29 is 14.3 Å². The van der Waals surface area contributed by atoms with Crippen LogP contribution in [0.25, 0.3) is 6.08 Å². The summed E-state index contributed by atoms with van der Waals surface area (Å²) in [6.07, 6.45) is 11.9. The molecule has 4 aliphatic rings. The van der Waals surface area contributed by atoms with E-state index in [0.717, 1.165) is 29.1 Å². The van der Waals surface area contributed by atoms with Gasteiger partial charge in [-0.15, -0.1) is 0 Å². The van der Waals surface area contributed by atoms with Crippen molar-refractivity contribution in [3.05, 3.63) is 35.9 Å². The fourth-order valence-corrected chi connectivity index (χ4v) is 6.17. The maximum Gasteiger partial charge on any atom is 0.313 e. The number of hydrogen-bond donors (Lipinski definition) is 0. The Labute approximate surface area is 150 Å². The van der Waals surface area contributed by atoms with Crippen LogP contribution in [0, 0.1) is 29.1 Å². The maximum atomic E-state index is 12.7. The van der Waals surface area contributed by atoms with Gasteiger partial charge in [0.15, 0.2) is 0 Å². The number of carbonyl (C=O) groups is 1. The summed E-state index contributed by atoms with van der Waals surface area (Å²) in [7, 11) is 3.20. The molecule has 0 aromatic heterocycles. The molecule has 1 aromatic carbocycles. The van der Waals surface area contributed by atoms with Crippen molar-refractivity contribution in [2.75, 3.05) is 14.2 Å². The highest BCUT2D eigenvalue weighted by Crippen LogP contribution is 2.63. The highest BCUT2D eigenvalue weighted by molar-refractivity contribution is 5.77. The average Bonchev–Trinajstić information content (AvgIpc) is 2.60. The Morgan fingerprint density at radius 1 is 1.12 bits per heavy atom. The molecule has 1 aromatic rings. The van der Waals surface area contributed by atoms with Gasteiger partial charge >= 0.3 is 5.97 Å². The van der Waals surface area contributed by atoms with E-state index in [4.69, 9.17) is 9.47 Å². The van der Waals surface area contributed by atoms with E-state index >= 15 is 0 Å². The summed E-state index contributed by atoms with van der Waals surface area (Å²) < 4.78 is 10.5. The Morgan fingerprint density at radius 3 is 2.32 bits per heavy atom. The molecule has 1 unspecified atom stereocenters. The fourth-order valence-electron chi connectivity index (χ4n) is 6.17. The lowest BCUT2D eigenvalue weighted by atomic mass is 9.46. The van der Waals surface area contributed by atoms with Crippen molar-refractivity contribution in [1.82, 2.24) is 0 Å². The van der Waals surface area contributed by atoms with Gasteiger partial charge in [0.2, 0.25) is 0 Å². The Morgan fingerprint density at radius 2 is 1.76 bits per heavy atom. The van der Waals surface area contributed by atoms with Crippen LogP contribution in [-0.2, 0) is 9.53 Å². The molecule has 25 heavy (non-hydrogen) atoms. The number of ether oxygens (including phenoxy) is 2. The van der Waals surface area contributed by atoms with Crippen LogP contribution >= 0.6 is 0 Å². The molecule has 4 aliphatic carbocycles. The van der Waals surface area contributed by atoms with Gasteiger partial charge in [-0.2, -0.15) is 0 Å². The van der Waals surface area contributed by atoms with E-state index in [-0.39, 0.29) is 17.3 Å². The lowest BCUT2D eigenvalue weighted by molar-refractivity contribution is -0.156. The minimum atomic E-state index is -0.128. The third-order valence-corrected chi connectivity index (χ3v) is 6.78. The molecule has 0 radical (unpaired) electrons. The number of methoxy groups -OCH3 is 2. The van der Waals surface area contributed by atoms with Crippen LogP contribution in [0.3, 0.4) is 0 Å². The van der Waals surface area contributed by atoms with E-state index in [2.05, 4.69) is 12.2 Å². The highest BCUT2D eigenvalue weighted by atomic mass is 16.5. The summed E-state index contributed by atoms with van der Waals surface area (Å²) >= 11 is 0. The van der Waals surface area contributed by atoms with Gasteiger partial charge in [-0.05, 0) is 79.4 Å². The van der Waals surface area contributed by atoms with Crippen LogP contribution in [0.4, 0.5) is 0 Å². The molecule has 4 saturated carbocycles. The lowest BCUT2D eigenvalue weighted by Gasteiger charge is -2.58. The van der Waals surface area contributed by atoms with Crippen molar-refractivity contribution >= 4 is 12.0 Å². The summed E-state index contributed by atoms with van der Waals surface area (Å²) in [4.78, 5) is 12.7. The van der Waals surface area contributed by atoms with Crippen LogP contribution in [-0.4, -0.2) is 20.2 Å². The predicted octanol–water partition coefficient (Wildman–Crippen LogP) is 4.71. The molecule has 0 saturated heterocycles. The summed E-state index contributed by atoms with van der Waals surface area (Å²) in [6.45, 7) is 0. The third kappa shape index (κ3) is 3.09. The van der Waals surface area contributed by atoms with Crippen molar-refractivity contribution in [2.45, 2.75) is 38.5 Å². The van der Waals surface area contributed by atoms with Crippen LogP contribution in [0.5, 0.6) is 5.75 Å². The Bertz CT molecular complexity index is 640. The zero-order chi connectivity index (χ0) is 17.4. The number of carbonyl (C=O) groups excluding carboxylic acids is 1. The standard InChI is InChI=1S/C22H28O3/c1-24-19-5-3-4-15(11-19)6-7-20(21(23)25-2)22-12-16-8-17(13-22)10-18(9-16)14-22/h3-7,11,16-18,20H,8-10,12-14H2,1-2H3/b7-6+. The van der Waals surface area contributed by atoms with Crippen LogP contribution in [0.15, 0.2) is 30.3 Å². The van der Waals surface area contributed by atoms with E-state index < -0.39 is 0 Å². The molecule has 0 spiro atoms. The molecular weight excluding hydrogens is 312 g/mol. The van der Waals surface area contributed by atoms with Gasteiger partial charge in [0.25, 0.3) is 0 Å². The first-order chi connectivity index (χ1) is 12.1. The molecule has 1 atom stereocenters. The first-order valence-electron chi connectivity index (χ1n) is 9.52. The summed E-state index contributed by atoms with van der Waals surface area (Å²) in [5, 5.41) is 0. The zero-order valence-electron chi connectivity index (χ0n) is 15.2. The first-order valence-corrected chi connectivity index (χ1v) is 9.52. The van der Waals surface area contributed by atoms with Crippen molar-refractivity contribution in [3.63, 3.8) is 0 Å². The van der Waals surface area contributed by atoms with Crippen LogP contribution < -0.4 is 4.74 Å². The largest absolute Gasteiger partial charge is 0.497 e. The van der Waals surface area contributed by atoms with Crippen molar-refractivity contribution in [2.24, 2.45) is 29.1 Å². The molecular formula is C22H28O3. The van der Waals surface area contributed by atoms with E-state index in [1.54, 1.807) is 7.11 Å².